The Morgan fingerprint density at radius 2 is 1.87 bits per heavy atom. The zero-order chi connectivity index (χ0) is 11.5. The molecule has 0 saturated heterocycles. The van der Waals surface area contributed by atoms with Crippen molar-refractivity contribution in [1.29, 1.82) is 5.41 Å². The van der Waals surface area contributed by atoms with Crippen LogP contribution < -0.4 is 0 Å². The smallest absolute Gasteiger partial charge is 0.0861 e. The van der Waals surface area contributed by atoms with Crippen LogP contribution in [-0.4, -0.2) is 37.6 Å². The normalized spacial score (nSPS) is 16.5. The topological polar surface area (TPSA) is 39.5 Å². The Kier molecular flexibility index (Phi) is 9.44. The Morgan fingerprint density at radius 1 is 1.27 bits per heavy atom. The van der Waals surface area contributed by atoms with Gasteiger partial charge in [-0.3, -0.25) is 0 Å². The number of nitrogens with zero attached hydrogens (tertiary/aromatic N) is 2. The molecule has 3 nitrogen and oxygen atoms in total. The van der Waals surface area contributed by atoms with Crippen molar-refractivity contribution in [1.82, 2.24) is 4.90 Å². The van der Waals surface area contributed by atoms with Crippen molar-refractivity contribution in [2.24, 2.45) is 4.99 Å². The fraction of sp³-hybridized carbons (Fsp3) is 0.917. The van der Waals surface area contributed by atoms with E-state index in [2.05, 4.69) is 24.0 Å². The predicted molar refractivity (Wildman–Crippen MR) is 65.9 cm³/mol. The maximum absolute atomic E-state index is 6.29. The summed E-state index contributed by atoms with van der Waals surface area (Å²) in [5.74, 6) is 0. The molecule has 0 heterocycles. The van der Waals surface area contributed by atoms with Gasteiger partial charge in [0.1, 0.15) is 0 Å². The molecule has 0 aromatic carbocycles. The number of hydrogen-bond donors (Lipinski definition) is 1. The van der Waals surface area contributed by atoms with Gasteiger partial charge in [0.15, 0.2) is 0 Å². The van der Waals surface area contributed by atoms with E-state index in [-0.39, 0.29) is 0 Å². The van der Waals surface area contributed by atoms with Gasteiger partial charge in [-0.1, -0.05) is 26.2 Å². The Balaban J connectivity index is 0.000000288. The summed E-state index contributed by atoms with van der Waals surface area (Å²) in [5, 5.41) is 6.29. The molecule has 15 heavy (non-hydrogen) atoms. The molecular formula is C12H25N3. The van der Waals surface area contributed by atoms with E-state index in [1.54, 1.807) is 0 Å². The lowest BCUT2D eigenvalue weighted by atomic mass is 9.95. The minimum absolute atomic E-state index is 0.740. The molecule has 0 spiro atoms. The third-order valence-electron chi connectivity index (χ3n) is 2.72. The lowest BCUT2D eigenvalue weighted by Gasteiger charge is -2.27. The van der Waals surface area contributed by atoms with E-state index >= 15 is 0 Å². The fourth-order valence-corrected chi connectivity index (χ4v) is 1.77. The molecule has 0 atom stereocenters. The minimum atomic E-state index is 0.740. The summed E-state index contributed by atoms with van der Waals surface area (Å²) in [4.78, 5) is 5.87. The van der Waals surface area contributed by atoms with E-state index in [4.69, 9.17) is 5.41 Å². The van der Waals surface area contributed by atoms with E-state index in [1.165, 1.54) is 32.1 Å². The molecule has 1 rings (SSSR count). The van der Waals surface area contributed by atoms with Crippen molar-refractivity contribution < 1.29 is 0 Å². The van der Waals surface area contributed by atoms with Gasteiger partial charge < -0.3 is 4.90 Å². The first kappa shape index (κ1) is 14.3. The summed E-state index contributed by atoms with van der Waals surface area (Å²) in [6, 6.07) is 2.83. The summed E-state index contributed by atoms with van der Waals surface area (Å²) in [7, 11) is 4.38. The van der Waals surface area contributed by atoms with Crippen LogP contribution in [0.25, 0.3) is 0 Å². The summed E-state index contributed by atoms with van der Waals surface area (Å²) >= 11 is 0. The molecule has 88 valence electrons. The SMILES string of the molecule is CCCN=C=N.CN(C)C1CCCCC1. The van der Waals surface area contributed by atoms with Gasteiger partial charge in [0.2, 0.25) is 0 Å². The highest BCUT2D eigenvalue weighted by atomic mass is 15.1. The molecule has 3 heteroatoms. The largest absolute Gasteiger partial charge is 0.306 e. The zero-order valence-corrected chi connectivity index (χ0v) is 10.4. The van der Waals surface area contributed by atoms with Crippen LogP contribution in [0.3, 0.4) is 0 Å². The molecule has 0 aromatic heterocycles. The summed E-state index contributed by atoms with van der Waals surface area (Å²) in [6.45, 7) is 2.75. The van der Waals surface area contributed by atoms with Gasteiger partial charge in [-0.15, -0.1) is 0 Å². The van der Waals surface area contributed by atoms with Crippen molar-refractivity contribution in [2.45, 2.75) is 51.5 Å². The third-order valence-corrected chi connectivity index (χ3v) is 2.72. The van der Waals surface area contributed by atoms with Gasteiger partial charge >= 0.3 is 0 Å². The van der Waals surface area contributed by atoms with Gasteiger partial charge in [-0.2, -0.15) is 0 Å². The van der Waals surface area contributed by atoms with E-state index in [0.717, 1.165) is 19.0 Å². The lowest BCUT2D eigenvalue weighted by molar-refractivity contribution is 0.229. The maximum Gasteiger partial charge on any atom is 0.0861 e. The van der Waals surface area contributed by atoms with E-state index in [9.17, 15) is 0 Å². The van der Waals surface area contributed by atoms with Crippen LogP contribution in [0.2, 0.25) is 0 Å². The second-order valence-corrected chi connectivity index (χ2v) is 4.25. The first-order valence-electron chi connectivity index (χ1n) is 5.97. The molecule has 1 saturated carbocycles. The average molecular weight is 211 g/mol. The molecule has 0 bridgehead atoms. The van der Waals surface area contributed by atoms with E-state index in [0.29, 0.717) is 0 Å². The quantitative estimate of drug-likeness (QED) is 0.716. The molecule has 1 fully saturated rings. The average Bonchev–Trinajstić information content (AvgIpc) is 2.28. The number of aliphatic imine (C=N–C) groups is 1. The predicted octanol–water partition coefficient (Wildman–Crippen LogP) is 3.03. The van der Waals surface area contributed by atoms with Crippen LogP contribution >= 0.6 is 0 Å². The maximum atomic E-state index is 6.29. The monoisotopic (exact) mass is 211 g/mol. The number of nitrogens with one attached hydrogen (secondary N) is 1. The van der Waals surface area contributed by atoms with Crippen molar-refractivity contribution in [2.75, 3.05) is 20.6 Å². The first-order chi connectivity index (χ1) is 7.22. The molecular weight excluding hydrogens is 186 g/mol. The van der Waals surface area contributed by atoms with Crippen molar-refractivity contribution >= 4 is 6.01 Å². The second kappa shape index (κ2) is 9.88. The third kappa shape index (κ3) is 8.34. The standard InChI is InChI=1S/C8H17N.C4H8N2/c1-9(2)8-6-4-3-5-7-8;1-2-3-6-4-5/h8H,3-7H2,1-2H3;5H,2-3H2,1H3. The van der Waals surface area contributed by atoms with Crippen molar-refractivity contribution in [3.8, 4) is 0 Å². The summed E-state index contributed by atoms with van der Waals surface area (Å²) in [5.41, 5.74) is 0. The second-order valence-electron chi connectivity index (χ2n) is 4.25. The Bertz CT molecular complexity index is 177. The van der Waals surface area contributed by atoms with Crippen molar-refractivity contribution in [3.63, 3.8) is 0 Å². The van der Waals surface area contributed by atoms with Gasteiger partial charge in [-0.05, 0) is 33.4 Å². The van der Waals surface area contributed by atoms with Gasteiger partial charge in [0.25, 0.3) is 0 Å². The van der Waals surface area contributed by atoms with Gasteiger partial charge in [-0.25, -0.2) is 10.4 Å². The minimum Gasteiger partial charge on any atom is -0.306 e. The summed E-state index contributed by atoms with van der Waals surface area (Å²) in [6.07, 6.45) is 8.21. The van der Waals surface area contributed by atoms with Gasteiger partial charge in [0, 0.05) is 12.6 Å². The summed E-state index contributed by atoms with van der Waals surface area (Å²) < 4.78 is 0. The Hall–Kier alpha value is -0.660. The van der Waals surface area contributed by atoms with Crippen LogP contribution in [0, 0.1) is 5.41 Å². The zero-order valence-electron chi connectivity index (χ0n) is 10.4. The number of hydrogen-bond acceptors (Lipinski definition) is 3. The van der Waals surface area contributed by atoms with E-state index in [1.807, 2.05) is 12.9 Å². The van der Waals surface area contributed by atoms with Crippen LogP contribution in [0.5, 0.6) is 0 Å². The highest BCUT2D eigenvalue weighted by Gasteiger charge is 2.13. The highest BCUT2D eigenvalue weighted by Crippen LogP contribution is 2.20. The van der Waals surface area contributed by atoms with Crippen LogP contribution in [0.1, 0.15) is 45.4 Å². The molecule has 0 radical (unpaired) electrons. The first-order valence-corrected chi connectivity index (χ1v) is 5.97. The Labute approximate surface area is 94.1 Å². The van der Waals surface area contributed by atoms with Crippen molar-refractivity contribution in [3.05, 3.63) is 0 Å². The molecule has 0 aliphatic heterocycles. The number of rotatable bonds is 3. The van der Waals surface area contributed by atoms with Crippen LogP contribution in [0.15, 0.2) is 4.99 Å². The Morgan fingerprint density at radius 3 is 2.13 bits per heavy atom. The van der Waals surface area contributed by atoms with Crippen LogP contribution in [0.4, 0.5) is 0 Å². The highest BCUT2D eigenvalue weighted by molar-refractivity contribution is 5.35. The lowest BCUT2D eigenvalue weighted by Crippen LogP contribution is -2.29. The van der Waals surface area contributed by atoms with E-state index < -0.39 is 0 Å². The molecule has 1 aliphatic rings. The molecule has 0 aromatic rings. The molecule has 1 aliphatic carbocycles. The molecule has 1 N–H and O–H groups in total. The molecule has 0 amide bonds. The fourth-order valence-electron chi connectivity index (χ4n) is 1.77. The molecule has 0 unspecified atom stereocenters. The van der Waals surface area contributed by atoms with Crippen LogP contribution in [-0.2, 0) is 0 Å². The van der Waals surface area contributed by atoms with Gasteiger partial charge in [0.05, 0.1) is 6.01 Å².